The first-order valence-electron chi connectivity index (χ1n) is 13.1. The Labute approximate surface area is 189 Å². The summed E-state index contributed by atoms with van der Waals surface area (Å²) in [5, 5.41) is 0. The van der Waals surface area contributed by atoms with Crippen molar-refractivity contribution in [3.05, 3.63) is 47.5 Å². The molecule has 0 N–H and O–H groups in total. The molecule has 0 saturated carbocycles. The second-order valence-corrected chi connectivity index (χ2v) is 9.36. The van der Waals surface area contributed by atoms with Crippen LogP contribution in [0.15, 0.2) is 36.4 Å². The second kappa shape index (κ2) is 18.7. The van der Waals surface area contributed by atoms with Crippen LogP contribution in [0.3, 0.4) is 0 Å². The van der Waals surface area contributed by atoms with Crippen molar-refractivity contribution in [1.29, 1.82) is 0 Å². The van der Waals surface area contributed by atoms with Gasteiger partial charge in [0.25, 0.3) is 0 Å². The third-order valence-corrected chi connectivity index (χ3v) is 6.39. The standard InChI is InChI=1S/C29H51N/c1-5-7-8-9-12-15-25-30(4)26-16-13-10-11-14-18-27(3)19-17-20-29-23-21-28(6-2)22-24-29/h21-24H,3,5-20,25-26H2,1-2,4H3. The fourth-order valence-electron chi connectivity index (χ4n) is 4.17. The van der Waals surface area contributed by atoms with Gasteiger partial charge >= 0.3 is 0 Å². The lowest BCUT2D eigenvalue weighted by Gasteiger charge is -2.16. The Morgan fingerprint density at radius 1 is 0.667 bits per heavy atom. The average Bonchev–Trinajstić information content (AvgIpc) is 2.76. The van der Waals surface area contributed by atoms with Crippen LogP contribution in [0.1, 0.15) is 115 Å². The number of rotatable bonds is 20. The van der Waals surface area contributed by atoms with E-state index < -0.39 is 0 Å². The van der Waals surface area contributed by atoms with E-state index in [-0.39, 0.29) is 0 Å². The van der Waals surface area contributed by atoms with Crippen molar-refractivity contribution in [1.82, 2.24) is 4.90 Å². The summed E-state index contributed by atoms with van der Waals surface area (Å²) in [5.41, 5.74) is 4.37. The van der Waals surface area contributed by atoms with Crippen LogP contribution in [-0.4, -0.2) is 25.0 Å². The molecule has 172 valence electrons. The molecular weight excluding hydrogens is 362 g/mol. The van der Waals surface area contributed by atoms with Gasteiger partial charge in [-0.3, -0.25) is 0 Å². The molecule has 1 aromatic carbocycles. The highest BCUT2D eigenvalue weighted by molar-refractivity contribution is 5.22. The quantitative estimate of drug-likeness (QED) is 0.152. The maximum Gasteiger partial charge on any atom is -0.00218 e. The van der Waals surface area contributed by atoms with Gasteiger partial charge in [-0.2, -0.15) is 0 Å². The summed E-state index contributed by atoms with van der Waals surface area (Å²) in [6.07, 6.45) is 21.3. The van der Waals surface area contributed by atoms with Gasteiger partial charge in [0, 0.05) is 0 Å². The molecule has 0 atom stereocenters. The summed E-state index contributed by atoms with van der Waals surface area (Å²) in [6, 6.07) is 9.15. The molecule has 0 amide bonds. The number of allylic oxidation sites excluding steroid dienone is 1. The second-order valence-electron chi connectivity index (χ2n) is 9.36. The van der Waals surface area contributed by atoms with Crippen molar-refractivity contribution < 1.29 is 0 Å². The summed E-state index contributed by atoms with van der Waals surface area (Å²) in [5.74, 6) is 0. The van der Waals surface area contributed by atoms with E-state index in [0.29, 0.717) is 0 Å². The van der Waals surface area contributed by atoms with Crippen molar-refractivity contribution in [3.63, 3.8) is 0 Å². The van der Waals surface area contributed by atoms with Crippen molar-refractivity contribution in [2.45, 2.75) is 117 Å². The van der Waals surface area contributed by atoms with E-state index in [0.717, 1.165) is 6.42 Å². The van der Waals surface area contributed by atoms with Crippen molar-refractivity contribution in [2.24, 2.45) is 0 Å². The molecule has 0 unspecified atom stereocenters. The normalized spacial score (nSPS) is 11.3. The molecule has 30 heavy (non-hydrogen) atoms. The molecule has 1 nitrogen and oxygen atoms in total. The maximum atomic E-state index is 4.32. The lowest BCUT2D eigenvalue weighted by atomic mass is 10.00. The van der Waals surface area contributed by atoms with Gasteiger partial charge in [-0.05, 0) is 82.6 Å². The third kappa shape index (κ3) is 14.8. The molecule has 0 heterocycles. The molecule has 0 spiro atoms. The summed E-state index contributed by atoms with van der Waals surface area (Å²) in [6.45, 7) is 11.4. The Balaban J connectivity index is 1.89. The minimum atomic E-state index is 1.13. The molecule has 0 aliphatic rings. The van der Waals surface area contributed by atoms with Crippen LogP contribution < -0.4 is 0 Å². The predicted octanol–water partition coefficient (Wildman–Crippen LogP) is 8.76. The van der Waals surface area contributed by atoms with Gasteiger partial charge in [0.2, 0.25) is 0 Å². The first-order valence-corrected chi connectivity index (χ1v) is 13.1. The number of hydrogen-bond acceptors (Lipinski definition) is 1. The molecule has 1 rings (SSSR count). The van der Waals surface area contributed by atoms with Gasteiger partial charge in [-0.1, -0.05) is 102 Å². The van der Waals surface area contributed by atoms with E-state index in [9.17, 15) is 0 Å². The van der Waals surface area contributed by atoms with Gasteiger partial charge < -0.3 is 4.90 Å². The first-order chi connectivity index (χ1) is 14.7. The molecule has 0 radical (unpaired) electrons. The summed E-state index contributed by atoms with van der Waals surface area (Å²) in [4.78, 5) is 2.54. The molecule has 0 aromatic heterocycles. The SMILES string of the molecule is C=C(CCCCCCCN(C)CCCCCCCC)CCCc1ccc(CC)cc1. The van der Waals surface area contributed by atoms with Crippen molar-refractivity contribution >= 4 is 0 Å². The van der Waals surface area contributed by atoms with Gasteiger partial charge in [0.1, 0.15) is 0 Å². The predicted molar refractivity (Wildman–Crippen MR) is 136 cm³/mol. The fourth-order valence-corrected chi connectivity index (χ4v) is 4.17. The molecule has 0 fully saturated rings. The smallest absolute Gasteiger partial charge is 0.00218 e. The van der Waals surface area contributed by atoms with Crippen molar-refractivity contribution in [2.75, 3.05) is 20.1 Å². The van der Waals surface area contributed by atoms with Crippen LogP contribution in [0, 0.1) is 0 Å². The minimum absolute atomic E-state index is 1.13. The van der Waals surface area contributed by atoms with Crippen LogP contribution >= 0.6 is 0 Å². The zero-order valence-corrected chi connectivity index (χ0v) is 20.7. The topological polar surface area (TPSA) is 3.24 Å². The molecular formula is C29H51N. The molecule has 1 aromatic rings. The minimum Gasteiger partial charge on any atom is -0.306 e. The van der Waals surface area contributed by atoms with Crippen LogP contribution in [0.2, 0.25) is 0 Å². The zero-order valence-electron chi connectivity index (χ0n) is 20.7. The first kappa shape index (κ1) is 27.0. The lowest BCUT2D eigenvalue weighted by Crippen LogP contribution is -2.20. The molecule has 0 bridgehead atoms. The Morgan fingerprint density at radius 2 is 1.17 bits per heavy atom. The van der Waals surface area contributed by atoms with E-state index in [1.54, 1.807) is 0 Å². The maximum absolute atomic E-state index is 4.32. The zero-order chi connectivity index (χ0) is 21.9. The molecule has 1 heteroatoms. The van der Waals surface area contributed by atoms with Crippen LogP contribution in [-0.2, 0) is 12.8 Å². The Hall–Kier alpha value is -1.08. The van der Waals surface area contributed by atoms with Gasteiger partial charge in [-0.15, -0.1) is 0 Å². The fraction of sp³-hybridized carbons (Fsp3) is 0.724. The molecule has 0 aliphatic heterocycles. The highest BCUT2D eigenvalue weighted by Crippen LogP contribution is 2.16. The number of nitrogens with zero attached hydrogens (tertiary/aromatic N) is 1. The summed E-state index contributed by atoms with van der Waals surface area (Å²) < 4.78 is 0. The molecule has 0 aliphatic carbocycles. The van der Waals surface area contributed by atoms with E-state index in [4.69, 9.17) is 0 Å². The summed E-state index contributed by atoms with van der Waals surface area (Å²) >= 11 is 0. The van der Waals surface area contributed by atoms with Gasteiger partial charge in [0.05, 0.1) is 0 Å². The van der Waals surface area contributed by atoms with Gasteiger partial charge in [-0.25, -0.2) is 0 Å². The summed E-state index contributed by atoms with van der Waals surface area (Å²) in [7, 11) is 2.30. The van der Waals surface area contributed by atoms with E-state index in [2.05, 4.69) is 56.6 Å². The Bertz CT molecular complexity index is 516. The van der Waals surface area contributed by atoms with E-state index in [1.165, 1.54) is 126 Å². The molecule has 0 saturated heterocycles. The number of aryl methyl sites for hydroxylation is 2. The average molecular weight is 414 g/mol. The van der Waals surface area contributed by atoms with E-state index in [1.807, 2.05) is 0 Å². The highest BCUT2D eigenvalue weighted by Gasteiger charge is 2.00. The third-order valence-electron chi connectivity index (χ3n) is 6.39. The Morgan fingerprint density at radius 3 is 1.77 bits per heavy atom. The lowest BCUT2D eigenvalue weighted by molar-refractivity contribution is 0.314. The number of hydrogen-bond donors (Lipinski definition) is 0. The van der Waals surface area contributed by atoms with Crippen LogP contribution in [0.25, 0.3) is 0 Å². The van der Waals surface area contributed by atoms with Gasteiger partial charge in [0.15, 0.2) is 0 Å². The monoisotopic (exact) mass is 413 g/mol. The number of unbranched alkanes of at least 4 members (excludes halogenated alkanes) is 9. The van der Waals surface area contributed by atoms with Crippen molar-refractivity contribution in [3.8, 4) is 0 Å². The van der Waals surface area contributed by atoms with Crippen LogP contribution in [0.5, 0.6) is 0 Å². The number of benzene rings is 1. The largest absolute Gasteiger partial charge is 0.306 e. The van der Waals surface area contributed by atoms with Crippen LogP contribution in [0.4, 0.5) is 0 Å². The Kier molecular flexibility index (Phi) is 16.8. The highest BCUT2D eigenvalue weighted by atomic mass is 15.1. The van der Waals surface area contributed by atoms with E-state index >= 15 is 0 Å².